The lowest BCUT2D eigenvalue weighted by molar-refractivity contribution is 0.339. The largest absolute Gasteiger partial charge is 0.494 e. The fraction of sp³-hybridized carbons (Fsp3) is 0.333. The Hall–Kier alpha value is -1.96. The Kier molecular flexibility index (Phi) is 5.48. The number of hydrogen-bond donors (Lipinski definition) is 0. The van der Waals surface area contributed by atoms with E-state index >= 15 is 0 Å². The zero-order valence-corrected chi connectivity index (χ0v) is 12.3. The van der Waals surface area contributed by atoms with Crippen LogP contribution in [0.4, 0.5) is 0 Å². The number of hydrogen-bond acceptors (Lipinski definition) is 2. The molecule has 0 fully saturated rings. The second-order valence-corrected chi connectivity index (χ2v) is 4.66. The van der Waals surface area contributed by atoms with Crippen LogP contribution in [-0.2, 0) is 12.8 Å². The first-order valence-electron chi connectivity index (χ1n) is 7.25. The summed E-state index contributed by atoms with van der Waals surface area (Å²) in [4.78, 5) is 0. The maximum atomic E-state index is 5.53. The summed E-state index contributed by atoms with van der Waals surface area (Å²) in [6, 6.07) is 16.6. The van der Waals surface area contributed by atoms with Crippen molar-refractivity contribution in [3.05, 3.63) is 59.7 Å². The third kappa shape index (κ3) is 4.30. The van der Waals surface area contributed by atoms with Gasteiger partial charge in [-0.25, -0.2) is 0 Å². The Morgan fingerprint density at radius 2 is 1.15 bits per heavy atom. The molecule has 106 valence electrons. The highest BCUT2D eigenvalue weighted by Gasteiger charge is 2.00. The fourth-order valence-electron chi connectivity index (χ4n) is 2.20. The minimum Gasteiger partial charge on any atom is -0.494 e. The lowest BCUT2D eigenvalue weighted by Crippen LogP contribution is -1.96. The molecule has 20 heavy (non-hydrogen) atoms. The van der Waals surface area contributed by atoms with E-state index < -0.39 is 0 Å². The highest BCUT2D eigenvalue weighted by Crippen LogP contribution is 2.18. The standard InChI is InChI=1S/C18H22O2/c1-3-19-17-9-5-7-15(13-17)11-12-16-8-6-10-18(14-16)20-4-2/h5-10,13-14H,3-4,11-12H2,1-2H3. The summed E-state index contributed by atoms with van der Waals surface area (Å²) in [6.07, 6.45) is 2.02. The van der Waals surface area contributed by atoms with E-state index in [9.17, 15) is 0 Å². The van der Waals surface area contributed by atoms with Gasteiger partial charge in [0.15, 0.2) is 0 Å². The molecule has 0 spiro atoms. The predicted molar refractivity (Wildman–Crippen MR) is 82.6 cm³/mol. The normalized spacial score (nSPS) is 10.3. The molecule has 0 N–H and O–H groups in total. The smallest absolute Gasteiger partial charge is 0.119 e. The van der Waals surface area contributed by atoms with Crippen molar-refractivity contribution in [2.45, 2.75) is 26.7 Å². The minimum absolute atomic E-state index is 0.708. The van der Waals surface area contributed by atoms with E-state index in [1.807, 2.05) is 26.0 Å². The molecule has 2 nitrogen and oxygen atoms in total. The van der Waals surface area contributed by atoms with Gasteiger partial charge in [-0.05, 0) is 62.1 Å². The second kappa shape index (κ2) is 7.59. The van der Waals surface area contributed by atoms with Crippen LogP contribution < -0.4 is 9.47 Å². The topological polar surface area (TPSA) is 18.5 Å². The molecule has 0 heterocycles. The Labute approximate surface area is 121 Å². The van der Waals surface area contributed by atoms with E-state index in [1.165, 1.54) is 11.1 Å². The molecule has 2 aromatic rings. The van der Waals surface area contributed by atoms with E-state index in [4.69, 9.17) is 9.47 Å². The molecule has 0 atom stereocenters. The van der Waals surface area contributed by atoms with Gasteiger partial charge in [0.25, 0.3) is 0 Å². The van der Waals surface area contributed by atoms with Gasteiger partial charge in [-0.15, -0.1) is 0 Å². The third-order valence-corrected chi connectivity index (χ3v) is 3.12. The monoisotopic (exact) mass is 270 g/mol. The summed E-state index contributed by atoms with van der Waals surface area (Å²) >= 11 is 0. The summed E-state index contributed by atoms with van der Waals surface area (Å²) < 4.78 is 11.1. The molecular formula is C18H22O2. The van der Waals surface area contributed by atoms with Gasteiger partial charge in [-0.2, -0.15) is 0 Å². The fourth-order valence-corrected chi connectivity index (χ4v) is 2.20. The van der Waals surface area contributed by atoms with E-state index in [1.54, 1.807) is 0 Å². The quantitative estimate of drug-likeness (QED) is 0.748. The van der Waals surface area contributed by atoms with E-state index in [-0.39, 0.29) is 0 Å². The number of benzene rings is 2. The SMILES string of the molecule is CCOc1cccc(CCc2cccc(OCC)c2)c1. The molecule has 2 rings (SSSR count). The lowest BCUT2D eigenvalue weighted by atomic mass is 10.0. The molecule has 0 unspecified atom stereocenters. The van der Waals surface area contributed by atoms with Crippen molar-refractivity contribution in [2.24, 2.45) is 0 Å². The number of aryl methyl sites for hydroxylation is 2. The van der Waals surface area contributed by atoms with Crippen LogP contribution in [0.25, 0.3) is 0 Å². The molecule has 0 saturated carbocycles. The summed E-state index contributed by atoms with van der Waals surface area (Å²) in [5, 5.41) is 0. The molecule has 0 bridgehead atoms. The maximum Gasteiger partial charge on any atom is 0.119 e. The van der Waals surface area contributed by atoms with Crippen LogP contribution in [0.5, 0.6) is 11.5 Å². The van der Waals surface area contributed by atoms with Crippen molar-refractivity contribution in [1.29, 1.82) is 0 Å². The van der Waals surface area contributed by atoms with Crippen LogP contribution in [-0.4, -0.2) is 13.2 Å². The van der Waals surface area contributed by atoms with E-state index in [0.29, 0.717) is 13.2 Å². The Bertz CT molecular complexity index is 485. The van der Waals surface area contributed by atoms with Gasteiger partial charge in [0, 0.05) is 0 Å². The molecule has 0 radical (unpaired) electrons. The first-order chi connectivity index (χ1) is 9.81. The highest BCUT2D eigenvalue weighted by atomic mass is 16.5. The average Bonchev–Trinajstić information content (AvgIpc) is 2.47. The van der Waals surface area contributed by atoms with Crippen molar-refractivity contribution < 1.29 is 9.47 Å². The molecular weight excluding hydrogens is 248 g/mol. The van der Waals surface area contributed by atoms with Crippen LogP contribution in [0.3, 0.4) is 0 Å². The molecule has 0 aromatic heterocycles. The van der Waals surface area contributed by atoms with Gasteiger partial charge in [-0.1, -0.05) is 24.3 Å². The van der Waals surface area contributed by atoms with Crippen molar-refractivity contribution >= 4 is 0 Å². The first-order valence-corrected chi connectivity index (χ1v) is 7.25. The van der Waals surface area contributed by atoms with Gasteiger partial charge in [-0.3, -0.25) is 0 Å². The highest BCUT2D eigenvalue weighted by molar-refractivity contribution is 5.31. The molecule has 0 aliphatic heterocycles. The van der Waals surface area contributed by atoms with Crippen LogP contribution >= 0.6 is 0 Å². The van der Waals surface area contributed by atoms with Gasteiger partial charge in [0.05, 0.1) is 13.2 Å². The Balaban J connectivity index is 1.97. The minimum atomic E-state index is 0.708. The van der Waals surface area contributed by atoms with E-state index in [0.717, 1.165) is 24.3 Å². The van der Waals surface area contributed by atoms with Crippen LogP contribution in [0, 0.1) is 0 Å². The second-order valence-electron chi connectivity index (χ2n) is 4.66. The Morgan fingerprint density at radius 1 is 0.700 bits per heavy atom. The summed E-state index contributed by atoms with van der Waals surface area (Å²) in [5.74, 6) is 1.90. The summed E-state index contributed by atoms with van der Waals surface area (Å²) in [7, 11) is 0. The molecule has 0 amide bonds. The Morgan fingerprint density at radius 3 is 1.55 bits per heavy atom. The molecule has 0 saturated heterocycles. The average molecular weight is 270 g/mol. The molecule has 2 heteroatoms. The first kappa shape index (κ1) is 14.4. The summed E-state index contributed by atoms with van der Waals surface area (Å²) in [5.41, 5.74) is 2.61. The zero-order valence-electron chi connectivity index (χ0n) is 12.3. The van der Waals surface area contributed by atoms with Crippen LogP contribution in [0.1, 0.15) is 25.0 Å². The van der Waals surface area contributed by atoms with Crippen molar-refractivity contribution in [2.75, 3.05) is 13.2 Å². The van der Waals surface area contributed by atoms with Gasteiger partial charge < -0.3 is 9.47 Å². The maximum absolute atomic E-state index is 5.53. The number of rotatable bonds is 7. The molecule has 2 aromatic carbocycles. The van der Waals surface area contributed by atoms with Gasteiger partial charge in [0.2, 0.25) is 0 Å². The van der Waals surface area contributed by atoms with E-state index in [2.05, 4.69) is 36.4 Å². The molecule has 0 aliphatic rings. The van der Waals surface area contributed by atoms with Crippen LogP contribution in [0.15, 0.2) is 48.5 Å². The predicted octanol–water partition coefficient (Wildman–Crippen LogP) is 4.27. The third-order valence-electron chi connectivity index (χ3n) is 3.12. The van der Waals surface area contributed by atoms with Gasteiger partial charge in [0.1, 0.15) is 11.5 Å². The van der Waals surface area contributed by atoms with Crippen molar-refractivity contribution in [1.82, 2.24) is 0 Å². The van der Waals surface area contributed by atoms with Gasteiger partial charge >= 0.3 is 0 Å². The summed E-state index contributed by atoms with van der Waals surface area (Å²) in [6.45, 7) is 5.43. The number of ether oxygens (including phenoxy) is 2. The van der Waals surface area contributed by atoms with Crippen molar-refractivity contribution in [3.63, 3.8) is 0 Å². The van der Waals surface area contributed by atoms with Crippen molar-refractivity contribution in [3.8, 4) is 11.5 Å². The zero-order chi connectivity index (χ0) is 14.2. The van der Waals surface area contributed by atoms with Crippen LogP contribution in [0.2, 0.25) is 0 Å². The molecule has 0 aliphatic carbocycles. The lowest BCUT2D eigenvalue weighted by Gasteiger charge is -2.08.